The molecule has 0 spiro atoms. The predicted molar refractivity (Wildman–Crippen MR) is 66.0 cm³/mol. The van der Waals surface area contributed by atoms with Crippen molar-refractivity contribution in [2.45, 2.75) is 25.1 Å². The number of aliphatic imine (C=N–C) groups is 1. The van der Waals surface area contributed by atoms with Crippen LogP contribution < -0.4 is 5.73 Å². The highest BCUT2D eigenvalue weighted by atomic mass is 19.4. The Labute approximate surface area is 109 Å². The van der Waals surface area contributed by atoms with E-state index < -0.39 is 11.7 Å². The van der Waals surface area contributed by atoms with Gasteiger partial charge in [0.05, 0.1) is 12.1 Å². The van der Waals surface area contributed by atoms with Gasteiger partial charge in [-0.15, -0.1) is 0 Å². The van der Waals surface area contributed by atoms with E-state index in [-0.39, 0.29) is 12.5 Å². The van der Waals surface area contributed by atoms with Crippen molar-refractivity contribution in [3.8, 4) is 0 Å². The van der Waals surface area contributed by atoms with Crippen molar-refractivity contribution in [2.75, 3.05) is 13.1 Å². The fourth-order valence-corrected chi connectivity index (χ4v) is 1.94. The molecule has 104 valence electrons. The summed E-state index contributed by atoms with van der Waals surface area (Å²) < 4.78 is 43.2. The van der Waals surface area contributed by atoms with E-state index >= 15 is 0 Å². The molecular weight excluding hydrogens is 257 g/mol. The van der Waals surface area contributed by atoms with Gasteiger partial charge in [-0.3, -0.25) is 4.99 Å². The summed E-state index contributed by atoms with van der Waals surface area (Å²) in [5.41, 5.74) is 5.31. The lowest BCUT2D eigenvalue weighted by Gasteiger charge is -2.11. The van der Waals surface area contributed by atoms with E-state index in [9.17, 15) is 13.2 Å². The average molecular weight is 272 g/mol. The number of halogens is 3. The van der Waals surface area contributed by atoms with E-state index in [0.717, 1.165) is 12.1 Å². The Morgan fingerprint density at radius 1 is 1.37 bits per heavy atom. The minimum atomic E-state index is -4.32. The molecule has 19 heavy (non-hydrogen) atoms. The topological polar surface area (TPSA) is 47.6 Å². The van der Waals surface area contributed by atoms with Gasteiger partial charge < -0.3 is 10.5 Å². The molecule has 0 amide bonds. The van der Waals surface area contributed by atoms with Gasteiger partial charge in [0.15, 0.2) is 5.90 Å². The van der Waals surface area contributed by atoms with Gasteiger partial charge in [-0.05, 0) is 24.6 Å². The number of nitrogens with two attached hydrogens (primary N) is 1. The zero-order valence-corrected chi connectivity index (χ0v) is 10.3. The monoisotopic (exact) mass is 272 g/mol. The molecule has 6 heteroatoms. The Balaban J connectivity index is 2.01. The Hall–Kier alpha value is -1.56. The summed E-state index contributed by atoms with van der Waals surface area (Å²) >= 11 is 0. The molecule has 1 aromatic rings. The van der Waals surface area contributed by atoms with Crippen LogP contribution >= 0.6 is 0 Å². The van der Waals surface area contributed by atoms with Gasteiger partial charge in [0.2, 0.25) is 0 Å². The minimum absolute atomic E-state index is 0.0363. The van der Waals surface area contributed by atoms with Gasteiger partial charge in [-0.2, -0.15) is 13.2 Å². The van der Waals surface area contributed by atoms with E-state index in [1.165, 1.54) is 6.07 Å². The lowest BCUT2D eigenvalue weighted by molar-refractivity contribution is -0.137. The zero-order chi connectivity index (χ0) is 13.9. The average Bonchev–Trinajstić information content (AvgIpc) is 2.76. The van der Waals surface area contributed by atoms with Gasteiger partial charge >= 0.3 is 6.18 Å². The fourth-order valence-electron chi connectivity index (χ4n) is 1.94. The number of alkyl halides is 3. The second-order valence-corrected chi connectivity index (χ2v) is 4.43. The molecule has 1 unspecified atom stereocenters. The van der Waals surface area contributed by atoms with E-state index in [1.807, 2.05) is 0 Å². The third-order valence-electron chi connectivity index (χ3n) is 2.87. The van der Waals surface area contributed by atoms with Crippen LogP contribution in [0.25, 0.3) is 0 Å². The zero-order valence-electron chi connectivity index (χ0n) is 10.3. The van der Waals surface area contributed by atoms with Gasteiger partial charge in [0, 0.05) is 6.42 Å². The van der Waals surface area contributed by atoms with Gasteiger partial charge in [-0.25, -0.2) is 0 Å². The number of nitrogens with zero attached hydrogens (tertiary/aromatic N) is 1. The third kappa shape index (κ3) is 3.70. The highest BCUT2D eigenvalue weighted by Gasteiger charge is 2.30. The quantitative estimate of drug-likeness (QED) is 0.914. The summed E-state index contributed by atoms with van der Waals surface area (Å²) in [6, 6.07) is 5.21. The molecule has 3 nitrogen and oxygen atoms in total. The van der Waals surface area contributed by atoms with Gasteiger partial charge in [0.25, 0.3) is 0 Å². The summed E-state index contributed by atoms with van der Waals surface area (Å²) in [6.07, 6.45) is -3.37. The molecule has 0 saturated heterocycles. The van der Waals surface area contributed by atoms with Crippen LogP contribution in [0.4, 0.5) is 13.2 Å². The van der Waals surface area contributed by atoms with Crippen molar-refractivity contribution in [2.24, 2.45) is 10.7 Å². The summed E-state index contributed by atoms with van der Waals surface area (Å²) in [4.78, 5) is 4.18. The molecule has 1 aliphatic rings. The van der Waals surface area contributed by atoms with Crippen LogP contribution in [-0.2, 0) is 17.3 Å². The lowest BCUT2D eigenvalue weighted by Crippen LogP contribution is -2.18. The SMILES string of the molecule is NCCC1CN=C(Cc2cccc(C(F)(F)F)c2)O1. The molecule has 0 aliphatic carbocycles. The Morgan fingerprint density at radius 2 is 2.16 bits per heavy atom. The van der Waals surface area contributed by atoms with Crippen LogP contribution in [-0.4, -0.2) is 25.1 Å². The van der Waals surface area contributed by atoms with Crippen molar-refractivity contribution >= 4 is 5.90 Å². The number of rotatable bonds is 4. The largest absolute Gasteiger partial charge is 0.475 e. The Morgan fingerprint density at radius 3 is 2.84 bits per heavy atom. The van der Waals surface area contributed by atoms with Gasteiger partial charge in [0.1, 0.15) is 6.10 Å². The maximum Gasteiger partial charge on any atom is 0.416 e. The van der Waals surface area contributed by atoms with E-state index in [1.54, 1.807) is 6.07 Å². The first-order chi connectivity index (χ1) is 8.99. The Bertz CT molecular complexity index is 471. The maximum absolute atomic E-state index is 12.6. The van der Waals surface area contributed by atoms with Crippen LogP contribution in [0.15, 0.2) is 29.3 Å². The molecule has 1 aliphatic heterocycles. The predicted octanol–water partition coefficient (Wildman–Crippen LogP) is 2.39. The van der Waals surface area contributed by atoms with Crippen molar-refractivity contribution < 1.29 is 17.9 Å². The molecule has 0 fully saturated rings. The minimum Gasteiger partial charge on any atom is -0.475 e. The van der Waals surface area contributed by atoms with Crippen molar-refractivity contribution in [3.05, 3.63) is 35.4 Å². The molecule has 1 aromatic carbocycles. The first-order valence-electron chi connectivity index (χ1n) is 6.05. The van der Waals surface area contributed by atoms with Gasteiger partial charge in [-0.1, -0.05) is 18.2 Å². The second-order valence-electron chi connectivity index (χ2n) is 4.43. The molecule has 1 heterocycles. The van der Waals surface area contributed by atoms with Crippen LogP contribution in [0.2, 0.25) is 0 Å². The van der Waals surface area contributed by atoms with Crippen LogP contribution in [0, 0.1) is 0 Å². The normalized spacial score (nSPS) is 19.2. The molecular formula is C13H15F3N2O. The standard InChI is InChI=1S/C13H15F3N2O/c14-13(15,16)10-3-1-2-9(6-10)7-12-18-8-11(19-12)4-5-17/h1-3,6,11H,4-5,7-8,17H2. The fraction of sp³-hybridized carbons (Fsp3) is 0.462. The van der Waals surface area contributed by atoms with E-state index in [4.69, 9.17) is 10.5 Å². The highest BCUT2D eigenvalue weighted by Crippen LogP contribution is 2.29. The molecule has 0 aromatic heterocycles. The van der Waals surface area contributed by atoms with Crippen LogP contribution in [0.5, 0.6) is 0 Å². The first kappa shape index (κ1) is 13.9. The molecule has 0 radical (unpaired) electrons. The number of hydrogen-bond donors (Lipinski definition) is 1. The summed E-state index contributed by atoms with van der Waals surface area (Å²) in [5.74, 6) is 0.484. The van der Waals surface area contributed by atoms with Crippen molar-refractivity contribution in [3.63, 3.8) is 0 Å². The summed E-state index contributed by atoms with van der Waals surface area (Å²) in [7, 11) is 0. The summed E-state index contributed by atoms with van der Waals surface area (Å²) in [6.45, 7) is 1.04. The second kappa shape index (κ2) is 5.61. The molecule has 0 saturated carbocycles. The van der Waals surface area contributed by atoms with E-state index in [2.05, 4.69) is 4.99 Å². The number of benzene rings is 1. The molecule has 0 bridgehead atoms. The van der Waals surface area contributed by atoms with Crippen molar-refractivity contribution in [1.29, 1.82) is 0 Å². The number of hydrogen-bond acceptors (Lipinski definition) is 3. The molecule has 2 rings (SSSR count). The van der Waals surface area contributed by atoms with Crippen LogP contribution in [0.1, 0.15) is 17.5 Å². The first-order valence-corrected chi connectivity index (χ1v) is 6.05. The highest BCUT2D eigenvalue weighted by molar-refractivity contribution is 5.80. The lowest BCUT2D eigenvalue weighted by atomic mass is 10.1. The van der Waals surface area contributed by atoms with E-state index in [0.29, 0.717) is 31.0 Å². The van der Waals surface area contributed by atoms with Crippen molar-refractivity contribution in [1.82, 2.24) is 0 Å². The third-order valence-corrected chi connectivity index (χ3v) is 2.87. The number of ether oxygens (including phenoxy) is 1. The molecule has 1 atom stereocenters. The Kier molecular flexibility index (Phi) is 4.09. The van der Waals surface area contributed by atoms with Crippen LogP contribution in [0.3, 0.4) is 0 Å². The maximum atomic E-state index is 12.6. The smallest absolute Gasteiger partial charge is 0.416 e. The summed E-state index contributed by atoms with van der Waals surface area (Å²) in [5, 5.41) is 0. The molecule has 2 N–H and O–H groups in total.